The Morgan fingerprint density at radius 3 is 2.85 bits per heavy atom. The van der Waals surface area contributed by atoms with Crippen LogP contribution in [-0.2, 0) is 0 Å². The summed E-state index contributed by atoms with van der Waals surface area (Å²) in [6, 6.07) is 0. The van der Waals surface area contributed by atoms with E-state index < -0.39 is 0 Å². The third kappa shape index (κ3) is 3.43. The number of nitrogens with zero attached hydrogens (tertiary/aromatic N) is 1. The van der Waals surface area contributed by atoms with Crippen molar-refractivity contribution in [2.24, 2.45) is 17.0 Å². The summed E-state index contributed by atoms with van der Waals surface area (Å²) >= 11 is 0. The third-order valence-electron chi connectivity index (χ3n) is 3.04. The lowest BCUT2D eigenvalue weighted by Crippen LogP contribution is -2.16. The van der Waals surface area contributed by atoms with Crippen molar-refractivity contribution in [3.63, 3.8) is 0 Å². The van der Waals surface area contributed by atoms with Crippen molar-refractivity contribution in [2.45, 2.75) is 45.1 Å². The Balaban J connectivity index is 2.18. The molecular formula is C10H19NO2. The zero-order chi connectivity index (χ0) is 9.68. The van der Waals surface area contributed by atoms with Crippen molar-refractivity contribution in [3.05, 3.63) is 4.91 Å². The van der Waals surface area contributed by atoms with Gasteiger partial charge in [0.05, 0.1) is 12.6 Å². The van der Waals surface area contributed by atoms with Crippen molar-refractivity contribution < 1.29 is 5.11 Å². The molecule has 0 radical (unpaired) electrons. The highest BCUT2D eigenvalue weighted by Crippen LogP contribution is 2.31. The minimum absolute atomic E-state index is 0.0911. The molecule has 1 fully saturated rings. The van der Waals surface area contributed by atoms with Crippen LogP contribution in [0.3, 0.4) is 0 Å². The zero-order valence-electron chi connectivity index (χ0n) is 8.28. The molecule has 1 rings (SSSR count). The van der Waals surface area contributed by atoms with Gasteiger partial charge in [0.25, 0.3) is 0 Å². The van der Waals surface area contributed by atoms with Crippen molar-refractivity contribution in [1.82, 2.24) is 0 Å². The molecule has 1 aliphatic carbocycles. The molecule has 0 spiro atoms. The zero-order valence-corrected chi connectivity index (χ0v) is 8.28. The summed E-state index contributed by atoms with van der Waals surface area (Å²) in [6.45, 7) is 2.56. The van der Waals surface area contributed by atoms with Crippen LogP contribution in [0.15, 0.2) is 5.18 Å². The van der Waals surface area contributed by atoms with E-state index in [4.69, 9.17) is 0 Å². The van der Waals surface area contributed by atoms with Gasteiger partial charge in [-0.2, -0.15) is 4.91 Å². The Bertz CT molecular complexity index is 161. The maximum Gasteiger partial charge on any atom is 0.0813 e. The van der Waals surface area contributed by atoms with Crippen LogP contribution in [0.2, 0.25) is 0 Å². The molecule has 0 aromatic rings. The average molecular weight is 185 g/mol. The maximum absolute atomic E-state index is 9.91. The van der Waals surface area contributed by atoms with Gasteiger partial charge >= 0.3 is 0 Å². The first-order valence-electron chi connectivity index (χ1n) is 5.21. The largest absolute Gasteiger partial charge is 0.393 e. The van der Waals surface area contributed by atoms with Gasteiger partial charge in [0.1, 0.15) is 0 Å². The van der Waals surface area contributed by atoms with Gasteiger partial charge in [-0.1, -0.05) is 18.5 Å². The van der Waals surface area contributed by atoms with Crippen LogP contribution in [-0.4, -0.2) is 17.8 Å². The van der Waals surface area contributed by atoms with Crippen LogP contribution >= 0.6 is 0 Å². The summed E-state index contributed by atoms with van der Waals surface area (Å²) < 4.78 is 0. The minimum Gasteiger partial charge on any atom is -0.393 e. The first-order chi connectivity index (χ1) is 6.24. The SMILES string of the molecule is CC(CCN=O)CC1CCCC1O. The van der Waals surface area contributed by atoms with Crippen molar-refractivity contribution in [1.29, 1.82) is 0 Å². The van der Waals surface area contributed by atoms with E-state index in [-0.39, 0.29) is 6.10 Å². The van der Waals surface area contributed by atoms with Gasteiger partial charge in [0.2, 0.25) is 0 Å². The maximum atomic E-state index is 9.91. The molecule has 0 bridgehead atoms. The van der Waals surface area contributed by atoms with Crippen molar-refractivity contribution in [2.75, 3.05) is 6.54 Å². The molecule has 0 aromatic carbocycles. The number of hydrogen-bond donors (Lipinski definition) is 1. The van der Waals surface area contributed by atoms with Gasteiger partial charge in [-0.15, -0.1) is 0 Å². The van der Waals surface area contributed by atoms with Gasteiger partial charge < -0.3 is 5.11 Å². The van der Waals surface area contributed by atoms with Crippen LogP contribution in [0.25, 0.3) is 0 Å². The molecule has 3 nitrogen and oxygen atoms in total. The van der Waals surface area contributed by atoms with E-state index in [0.717, 1.165) is 32.1 Å². The van der Waals surface area contributed by atoms with Crippen LogP contribution in [0.1, 0.15) is 39.0 Å². The molecule has 76 valence electrons. The number of aliphatic hydroxyl groups excluding tert-OH is 1. The Kier molecular flexibility index (Phi) is 4.36. The molecule has 3 unspecified atom stereocenters. The van der Waals surface area contributed by atoms with Crippen molar-refractivity contribution >= 4 is 0 Å². The lowest BCUT2D eigenvalue weighted by molar-refractivity contribution is 0.118. The number of nitroso groups, excluding NO2 is 1. The molecule has 13 heavy (non-hydrogen) atoms. The highest BCUT2D eigenvalue weighted by atomic mass is 16.3. The van der Waals surface area contributed by atoms with Gasteiger partial charge in [-0.05, 0) is 37.5 Å². The smallest absolute Gasteiger partial charge is 0.0813 e. The second-order valence-electron chi connectivity index (χ2n) is 4.24. The van der Waals surface area contributed by atoms with E-state index >= 15 is 0 Å². The fourth-order valence-electron chi connectivity index (χ4n) is 2.20. The Morgan fingerprint density at radius 1 is 1.54 bits per heavy atom. The first kappa shape index (κ1) is 10.6. The number of hydrogen-bond acceptors (Lipinski definition) is 3. The summed E-state index contributed by atoms with van der Waals surface area (Å²) in [6.07, 6.45) is 5.10. The molecule has 0 heterocycles. The fraction of sp³-hybridized carbons (Fsp3) is 1.00. The Hall–Kier alpha value is -0.440. The highest BCUT2D eigenvalue weighted by Gasteiger charge is 2.26. The molecule has 0 aliphatic heterocycles. The second-order valence-corrected chi connectivity index (χ2v) is 4.24. The van der Waals surface area contributed by atoms with E-state index in [1.54, 1.807) is 0 Å². The standard InChI is InChI=1S/C10H19NO2/c1-8(5-6-11-13)7-9-3-2-4-10(9)12/h8-10,12H,2-7H2,1H3. The molecule has 1 N–H and O–H groups in total. The number of rotatable bonds is 5. The fourth-order valence-corrected chi connectivity index (χ4v) is 2.20. The van der Waals surface area contributed by atoms with E-state index in [1.807, 2.05) is 0 Å². The van der Waals surface area contributed by atoms with Gasteiger partial charge in [0.15, 0.2) is 0 Å². The molecule has 3 atom stereocenters. The molecule has 1 saturated carbocycles. The topological polar surface area (TPSA) is 49.7 Å². The summed E-state index contributed by atoms with van der Waals surface area (Å²) in [5, 5.41) is 12.4. The predicted octanol–water partition coefficient (Wildman–Crippen LogP) is 2.33. The second kappa shape index (κ2) is 5.32. The van der Waals surface area contributed by atoms with Crippen LogP contribution in [0, 0.1) is 16.7 Å². The quantitative estimate of drug-likeness (QED) is 0.668. The van der Waals surface area contributed by atoms with Crippen molar-refractivity contribution in [3.8, 4) is 0 Å². The van der Waals surface area contributed by atoms with Gasteiger partial charge in [-0.25, -0.2) is 0 Å². The summed E-state index contributed by atoms with van der Waals surface area (Å²) in [5.74, 6) is 0.997. The van der Waals surface area contributed by atoms with Crippen LogP contribution in [0.5, 0.6) is 0 Å². The summed E-state index contributed by atoms with van der Waals surface area (Å²) in [4.78, 5) is 9.91. The van der Waals surface area contributed by atoms with E-state index in [0.29, 0.717) is 18.4 Å². The molecular weight excluding hydrogens is 166 g/mol. The predicted molar refractivity (Wildman–Crippen MR) is 52.4 cm³/mol. The summed E-state index contributed by atoms with van der Waals surface area (Å²) in [7, 11) is 0. The van der Waals surface area contributed by atoms with Gasteiger partial charge in [0, 0.05) is 0 Å². The molecule has 0 aromatic heterocycles. The third-order valence-corrected chi connectivity index (χ3v) is 3.04. The first-order valence-corrected chi connectivity index (χ1v) is 5.21. The molecule has 0 saturated heterocycles. The highest BCUT2D eigenvalue weighted by molar-refractivity contribution is 4.78. The summed E-state index contributed by atoms with van der Waals surface area (Å²) in [5.41, 5.74) is 0. The van der Waals surface area contributed by atoms with Crippen LogP contribution < -0.4 is 0 Å². The van der Waals surface area contributed by atoms with E-state index in [1.165, 1.54) is 0 Å². The molecule has 1 aliphatic rings. The monoisotopic (exact) mass is 185 g/mol. The lowest BCUT2D eigenvalue weighted by atomic mass is 9.91. The van der Waals surface area contributed by atoms with E-state index in [2.05, 4.69) is 12.1 Å². The minimum atomic E-state index is -0.0911. The van der Waals surface area contributed by atoms with Gasteiger partial charge in [-0.3, -0.25) is 0 Å². The van der Waals surface area contributed by atoms with E-state index in [9.17, 15) is 10.0 Å². The Morgan fingerprint density at radius 2 is 2.31 bits per heavy atom. The molecule has 3 heteroatoms. The van der Waals surface area contributed by atoms with Crippen LogP contribution in [0.4, 0.5) is 0 Å². The lowest BCUT2D eigenvalue weighted by Gasteiger charge is -2.18. The normalized spacial score (nSPS) is 30.3. The number of aliphatic hydroxyl groups is 1. The Labute approximate surface area is 79.5 Å². The average Bonchev–Trinajstić information content (AvgIpc) is 2.48. The molecule has 0 amide bonds.